The topological polar surface area (TPSA) is 47.0 Å². The van der Waals surface area contributed by atoms with Gasteiger partial charge in [-0.3, -0.25) is 0 Å². The monoisotopic (exact) mass is 313 g/mol. The number of thiophene rings is 1. The molecule has 1 N–H and O–H groups in total. The van der Waals surface area contributed by atoms with Gasteiger partial charge in [-0.25, -0.2) is 4.98 Å². The Morgan fingerprint density at radius 1 is 1.53 bits per heavy atom. The lowest BCUT2D eigenvalue weighted by molar-refractivity contribution is 0.295. The van der Waals surface area contributed by atoms with Crippen LogP contribution in [-0.2, 0) is 6.61 Å². The molecular formula is C11H12BrN3OS. The van der Waals surface area contributed by atoms with Crippen LogP contribution in [0.5, 0.6) is 5.88 Å². The van der Waals surface area contributed by atoms with Crippen molar-refractivity contribution in [3.63, 3.8) is 0 Å². The lowest BCUT2D eigenvalue weighted by atomic mass is 10.5. The van der Waals surface area contributed by atoms with Crippen LogP contribution in [0.25, 0.3) is 0 Å². The van der Waals surface area contributed by atoms with Gasteiger partial charge in [0.15, 0.2) is 0 Å². The molecule has 2 rings (SSSR count). The van der Waals surface area contributed by atoms with Crippen molar-refractivity contribution in [3.05, 3.63) is 33.1 Å². The van der Waals surface area contributed by atoms with E-state index in [1.807, 2.05) is 24.4 Å². The largest absolute Gasteiger partial charge is 0.471 e. The second kappa shape index (κ2) is 5.97. The Morgan fingerprint density at radius 2 is 2.41 bits per heavy atom. The zero-order chi connectivity index (χ0) is 12.1. The number of halogens is 1. The maximum absolute atomic E-state index is 5.64. The van der Waals surface area contributed by atoms with Gasteiger partial charge in [0.05, 0.1) is 10.7 Å². The van der Waals surface area contributed by atoms with Gasteiger partial charge < -0.3 is 10.1 Å². The zero-order valence-electron chi connectivity index (χ0n) is 9.31. The lowest BCUT2D eigenvalue weighted by Crippen LogP contribution is -2.04. The third kappa shape index (κ3) is 3.41. The van der Waals surface area contributed by atoms with E-state index in [4.69, 9.17) is 4.74 Å². The minimum Gasteiger partial charge on any atom is -0.471 e. The minimum atomic E-state index is 0.527. The Labute approximate surface area is 112 Å². The molecule has 2 heterocycles. The van der Waals surface area contributed by atoms with Crippen molar-refractivity contribution in [1.82, 2.24) is 9.97 Å². The molecule has 0 saturated carbocycles. The maximum Gasteiger partial charge on any atom is 0.233 e. The van der Waals surface area contributed by atoms with Crippen molar-refractivity contribution in [3.8, 4) is 5.88 Å². The van der Waals surface area contributed by atoms with Crippen molar-refractivity contribution in [2.24, 2.45) is 0 Å². The Morgan fingerprint density at radius 3 is 3.12 bits per heavy atom. The highest BCUT2D eigenvalue weighted by molar-refractivity contribution is 9.10. The van der Waals surface area contributed by atoms with Crippen LogP contribution in [0, 0.1) is 0 Å². The molecule has 0 atom stereocenters. The van der Waals surface area contributed by atoms with Gasteiger partial charge in [0.1, 0.15) is 6.61 Å². The number of nitrogens with zero attached hydrogens (tertiary/aromatic N) is 2. The third-order valence-electron chi connectivity index (χ3n) is 1.98. The number of hydrogen-bond acceptors (Lipinski definition) is 5. The second-order valence-corrected chi connectivity index (χ2v) is 5.13. The van der Waals surface area contributed by atoms with Crippen LogP contribution in [0.2, 0.25) is 0 Å². The smallest absolute Gasteiger partial charge is 0.233 e. The van der Waals surface area contributed by atoms with Gasteiger partial charge in [0.2, 0.25) is 11.8 Å². The number of rotatable bonds is 5. The zero-order valence-corrected chi connectivity index (χ0v) is 11.7. The van der Waals surface area contributed by atoms with Crippen LogP contribution >= 0.6 is 27.3 Å². The van der Waals surface area contributed by atoms with Crippen LogP contribution in [0.4, 0.5) is 5.95 Å². The molecule has 0 amide bonds. The standard InChI is InChI=1S/C11H12BrN3OS/c1-2-13-11-14-6-9(12)10(15-11)16-7-8-4-3-5-17-8/h3-6H,2,7H2,1H3,(H,13,14,15). The molecule has 2 aromatic rings. The van der Waals surface area contributed by atoms with Crippen LogP contribution in [0.3, 0.4) is 0 Å². The van der Waals surface area contributed by atoms with Gasteiger partial charge in [0, 0.05) is 11.4 Å². The maximum atomic E-state index is 5.64. The van der Waals surface area contributed by atoms with E-state index in [2.05, 4.69) is 31.2 Å². The average Bonchev–Trinajstić information content (AvgIpc) is 2.83. The van der Waals surface area contributed by atoms with Gasteiger partial charge >= 0.3 is 0 Å². The quantitative estimate of drug-likeness (QED) is 0.920. The first-order chi connectivity index (χ1) is 8.29. The van der Waals surface area contributed by atoms with Gasteiger partial charge in [-0.15, -0.1) is 11.3 Å². The molecule has 0 aliphatic heterocycles. The first kappa shape index (κ1) is 12.3. The van der Waals surface area contributed by atoms with Crippen molar-refractivity contribution in [1.29, 1.82) is 0 Å². The normalized spacial score (nSPS) is 10.2. The fraction of sp³-hybridized carbons (Fsp3) is 0.273. The third-order valence-corrected chi connectivity index (χ3v) is 3.37. The Hall–Kier alpha value is -1.14. The molecule has 2 aromatic heterocycles. The van der Waals surface area contributed by atoms with Crippen molar-refractivity contribution < 1.29 is 4.74 Å². The van der Waals surface area contributed by atoms with Gasteiger partial charge in [-0.1, -0.05) is 6.07 Å². The SMILES string of the molecule is CCNc1ncc(Br)c(OCc2cccs2)n1. The first-order valence-corrected chi connectivity index (χ1v) is 6.88. The summed E-state index contributed by atoms with van der Waals surface area (Å²) >= 11 is 5.03. The van der Waals surface area contributed by atoms with E-state index < -0.39 is 0 Å². The van der Waals surface area contributed by atoms with E-state index in [1.54, 1.807) is 17.5 Å². The molecule has 0 aliphatic carbocycles. The molecule has 0 spiro atoms. The minimum absolute atomic E-state index is 0.527. The average molecular weight is 314 g/mol. The van der Waals surface area contributed by atoms with E-state index >= 15 is 0 Å². The van der Waals surface area contributed by atoms with Gasteiger partial charge in [0.25, 0.3) is 0 Å². The molecule has 0 fully saturated rings. The summed E-state index contributed by atoms with van der Waals surface area (Å²) in [7, 11) is 0. The summed E-state index contributed by atoms with van der Waals surface area (Å²) in [6.07, 6.45) is 1.69. The highest BCUT2D eigenvalue weighted by Crippen LogP contribution is 2.24. The van der Waals surface area contributed by atoms with Crippen LogP contribution in [-0.4, -0.2) is 16.5 Å². The number of aromatic nitrogens is 2. The Bertz CT molecular complexity index is 476. The highest BCUT2D eigenvalue weighted by Gasteiger charge is 2.06. The highest BCUT2D eigenvalue weighted by atomic mass is 79.9. The summed E-state index contributed by atoms with van der Waals surface area (Å²) in [5, 5.41) is 5.07. The fourth-order valence-electron chi connectivity index (χ4n) is 1.23. The summed E-state index contributed by atoms with van der Waals surface area (Å²) in [4.78, 5) is 9.57. The van der Waals surface area contributed by atoms with E-state index in [1.165, 1.54) is 4.88 Å². The summed E-state index contributed by atoms with van der Waals surface area (Å²) in [6, 6.07) is 4.04. The summed E-state index contributed by atoms with van der Waals surface area (Å²) < 4.78 is 6.40. The molecule has 0 radical (unpaired) electrons. The summed E-state index contributed by atoms with van der Waals surface area (Å²) in [5.74, 6) is 1.14. The molecule has 0 aromatic carbocycles. The van der Waals surface area contributed by atoms with E-state index in [-0.39, 0.29) is 0 Å². The van der Waals surface area contributed by atoms with Crippen LogP contribution in [0.1, 0.15) is 11.8 Å². The molecule has 6 heteroatoms. The first-order valence-electron chi connectivity index (χ1n) is 5.21. The predicted octanol–water partition coefficient (Wildman–Crippen LogP) is 3.31. The van der Waals surface area contributed by atoms with Gasteiger partial charge in [-0.05, 0) is 34.3 Å². The van der Waals surface area contributed by atoms with Crippen molar-refractivity contribution in [2.75, 3.05) is 11.9 Å². The van der Waals surface area contributed by atoms with Gasteiger partial charge in [-0.2, -0.15) is 4.98 Å². The molecule has 17 heavy (non-hydrogen) atoms. The van der Waals surface area contributed by atoms with E-state index in [0.29, 0.717) is 18.4 Å². The predicted molar refractivity (Wildman–Crippen MR) is 72.5 cm³/mol. The van der Waals surface area contributed by atoms with Crippen molar-refractivity contribution in [2.45, 2.75) is 13.5 Å². The summed E-state index contributed by atoms with van der Waals surface area (Å²) in [6.45, 7) is 3.31. The lowest BCUT2D eigenvalue weighted by Gasteiger charge is -2.07. The number of nitrogens with one attached hydrogen (secondary N) is 1. The molecule has 0 unspecified atom stereocenters. The summed E-state index contributed by atoms with van der Waals surface area (Å²) in [5.41, 5.74) is 0. The Balaban J connectivity index is 2.06. The fourth-order valence-corrected chi connectivity index (χ4v) is 2.15. The molecule has 4 nitrogen and oxygen atoms in total. The molecule has 90 valence electrons. The molecular weight excluding hydrogens is 302 g/mol. The molecule has 0 aliphatic rings. The van der Waals surface area contributed by atoms with E-state index in [0.717, 1.165) is 11.0 Å². The van der Waals surface area contributed by atoms with Crippen LogP contribution in [0.15, 0.2) is 28.2 Å². The van der Waals surface area contributed by atoms with Crippen LogP contribution < -0.4 is 10.1 Å². The van der Waals surface area contributed by atoms with E-state index in [9.17, 15) is 0 Å². The number of anilines is 1. The van der Waals surface area contributed by atoms with Crippen molar-refractivity contribution >= 4 is 33.2 Å². The molecule has 0 saturated heterocycles. The Kier molecular flexibility index (Phi) is 4.33. The molecule has 0 bridgehead atoms. The second-order valence-electron chi connectivity index (χ2n) is 3.25. The number of hydrogen-bond donors (Lipinski definition) is 1. The number of ether oxygens (including phenoxy) is 1.